The summed E-state index contributed by atoms with van der Waals surface area (Å²) < 4.78 is 6.78. The van der Waals surface area contributed by atoms with Crippen molar-refractivity contribution < 1.29 is 9.53 Å². The predicted octanol–water partition coefficient (Wildman–Crippen LogP) is 2.56. The number of hydrogen-bond donors (Lipinski definition) is 1. The monoisotopic (exact) mass is 340 g/mol. The molecule has 1 aromatic rings. The van der Waals surface area contributed by atoms with Gasteiger partial charge in [0.15, 0.2) is 6.10 Å². The fraction of sp³-hybridized carbons (Fsp3) is 0.533. The summed E-state index contributed by atoms with van der Waals surface area (Å²) >= 11 is 3.55. The maximum absolute atomic E-state index is 11.8. The van der Waals surface area contributed by atoms with Gasteiger partial charge in [-0.05, 0) is 43.5 Å². The van der Waals surface area contributed by atoms with E-state index in [9.17, 15) is 4.79 Å². The molecule has 2 rings (SSSR count). The van der Waals surface area contributed by atoms with Crippen molar-refractivity contribution in [3.05, 3.63) is 28.2 Å². The van der Waals surface area contributed by atoms with E-state index in [1.54, 1.807) is 25.9 Å². The van der Waals surface area contributed by atoms with Gasteiger partial charge in [-0.2, -0.15) is 0 Å². The average Bonchev–Trinajstić information content (AvgIpc) is 3.22. The topological polar surface area (TPSA) is 41.6 Å². The first-order valence-electron chi connectivity index (χ1n) is 6.87. The molecule has 1 saturated carbocycles. The van der Waals surface area contributed by atoms with Crippen molar-refractivity contribution in [1.82, 2.24) is 10.2 Å². The molecule has 1 fully saturated rings. The third-order valence-corrected chi connectivity index (χ3v) is 4.05. The smallest absolute Gasteiger partial charge is 0.262 e. The van der Waals surface area contributed by atoms with E-state index in [1.807, 2.05) is 18.2 Å². The van der Waals surface area contributed by atoms with Crippen LogP contribution < -0.4 is 10.1 Å². The predicted molar refractivity (Wildman–Crippen MR) is 82.8 cm³/mol. The molecular formula is C15H21BrN2O2. The molecule has 0 radical (unpaired) electrons. The van der Waals surface area contributed by atoms with E-state index in [1.165, 1.54) is 12.8 Å². The zero-order valence-electron chi connectivity index (χ0n) is 12.1. The maximum atomic E-state index is 11.8. The van der Waals surface area contributed by atoms with E-state index >= 15 is 0 Å². The Morgan fingerprint density at radius 3 is 2.80 bits per heavy atom. The quantitative estimate of drug-likeness (QED) is 0.865. The fourth-order valence-corrected chi connectivity index (χ4v) is 2.31. The van der Waals surface area contributed by atoms with Crippen LogP contribution in [0.5, 0.6) is 5.75 Å². The summed E-state index contributed by atoms with van der Waals surface area (Å²) in [5.74, 6) is 0.689. The van der Waals surface area contributed by atoms with Crippen LogP contribution in [-0.2, 0) is 11.3 Å². The summed E-state index contributed by atoms with van der Waals surface area (Å²) in [5.41, 5.74) is 1.15. The van der Waals surface area contributed by atoms with E-state index in [0.29, 0.717) is 6.04 Å². The largest absolute Gasteiger partial charge is 0.481 e. The first kappa shape index (κ1) is 15.3. The van der Waals surface area contributed by atoms with Crippen molar-refractivity contribution in [2.24, 2.45) is 0 Å². The summed E-state index contributed by atoms with van der Waals surface area (Å²) in [6.45, 7) is 2.59. The number of likely N-dealkylation sites (N-methyl/N-ethyl adjacent to an activating group) is 1. The van der Waals surface area contributed by atoms with Gasteiger partial charge in [0, 0.05) is 31.2 Å². The van der Waals surface area contributed by atoms with Gasteiger partial charge in [0.25, 0.3) is 5.91 Å². The van der Waals surface area contributed by atoms with E-state index in [2.05, 4.69) is 21.2 Å². The molecule has 0 bridgehead atoms. The lowest BCUT2D eigenvalue weighted by atomic mass is 10.2. The van der Waals surface area contributed by atoms with E-state index in [-0.39, 0.29) is 5.91 Å². The molecule has 0 heterocycles. The molecule has 1 aromatic carbocycles. The van der Waals surface area contributed by atoms with E-state index in [0.717, 1.165) is 22.3 Å². The Morgan fingerprint density at radius 1 is 1.50 bits per heavy atom. The molecule has 0 saturated heterocycles. The van der Waals surface area contributed by atoms with Gasteiger partial charge in [0.1, 0.15) is 5.75 Å². The summed E-state index contributed by atoms with van der Waals surface area (Å²) in [4.78, 5) is 13.3. The number of benzene rings is 1. The van der Waals surface area contributed by atoms with Gasteiger partial charge >= 0.3 is 0 Å². The van der Waals surface area contributed by atoms with Gasteiger partial charge in [-0.1, -0.05) is 15.9 Å². The van der Waals surface area contributed by atoms with Crippen LogP contribution in [0.4, 0.5) is 0 Å². The van der Waals surface area contributed by atoms with Crippen LogP contribution in [0.1, 0.15) is 25.3 Å². The summed E-state index contributed by atoms with van der Waals surface area (Å²) in [7, 11) is 3.46. The van der Waals surface area contributed by atoms with Gasteiger partial charge in [0.05, 0.1) is 0 Å². The molecule has 1 aliphatic carbocycles. The lowest BCUT2D eigenvalue weighted by molar-refractivity contribution is -0.135. The minimum absolute atomic E-state index is 0.0365. The summed E-state index contributed by atoms with van der Waals surface area (Å²) in [6, 6.07) is 6.50. The van der Waals surface area contributed by atoms with Crippen LogP contribution in [0.3, 0.4) is 0 Å². The molecule has 20 heavy (non-hydrogen) atoms. The third kappa shape index (κ3) is 4.21. The minimum atomic E-state index is -0.476. The van der Waals surface area contributed by atoms with Gasteiger partial charge in [0.2, 0.25) is 0 Å². The molecule has 5 heteroatoms. The second-order valence-corrected chi connectivity index (χ2v) is 6.26. The summed E-state index contributed by atoms with van der Waals surface area (Å²) in [6.07, 6.45) is 2.06. The third-order valence-electron chi connectivity index (χ3n) is 3.28. The maximum Gasteiger partial charge on any atom is 0.262 e. The number of rotatable bonds is 6. The van der Waals surface area contributed by atoms with Gasteiger partial charge in [-0.3, -0.25) is 4.79 Å². The Bertz CT molecular complexity index is 487. The lowest BCUT2D eigenvalue weighted by Crippen LogP contribution is -2.35. The zero-order valence-corrected chi connectivity index (χ0v) is 13.7. The number of carbonyl (C=O) groups excluding carboxylic acids is 1. The zero-order chi connectivity index (χ0) is 14.7. The van der Waals surface area contributed by atoms with Crippen molar-refractivity contribution in [1.29, 1.82) is 0 Å². The Kier molecular flexibility index (Phi) is 5.05. The molecule has 0 aliphatic heterocycles. The molecule has 1 unspecified atom stereocenters. The second-order valence-electron chi connectivity index (χ2n) is 5.40. The van der Waals surface area contributed by atoms with Gasteiger partial charge in [-0.15, -0.1) is 0 Å². The number of ether oxygens (including phenoxy) is 1. The van der Waals surface area contributed by atoms with Crippen molar-refractivity contribution in [2.75, 3.05) is 14.1 Å². The van der Waals surface area contributed by atoms with E-state index < -0.39 is 6.10 Å². The average molecular weight is 341 g/mol. The number of carbonyl (C=O) groups is 1. The number of nitrogens with one attached hydrogen (secondary N) is 1. The molecule has 110 valence electrons. The highest BCUT2D eigenvalue weighted by Crippen LogP contribution is 2.25. The fourth-order valence-electron chi connectivity index (χ4n) is 1.92. The van der Waals surface area contributed by atoms with Crippen LogP contribution in [0.2, 0.25) is 0 Å². The first-order chi connectivity index (χ1) is 9.47. The molecule has 0 spiro atoms. The lowest BCUT2D eigenvalue weighted by Gasteiger charge is -2.19. The Morgan fingerprint density at radius 2 is 2.20 bits per heavy atom. The second kappa shape index (κ2) is 6.59. The van der Waals surface area contributed by atoms with Crippen LogP contribution >= 0.6 is 15.9 Å². The van der Waals surface area contributed by atoms with Crippen molar-refractivity contribution >= 4 is 21.8 Å². The Balaban J connectivity index is 2.00. The molecule has 1 N–H and O–H groups in total. The normalized spacial score (nSPS) is 15.8. The molecule has 1 amide bonds. The number of halogens is 1. The van der Waals surface area contributed by atoms with Crippen LogP contribution in [-0.4, -0.2) is 37.0 Å². The van der Waals surface area contributed by atoms with Crippen molar-refractivity contribution in [2.45, 2.75) is 38.5 Å². The number of nitrogens with zero attached hydrogens (tertiary/aromatic N) is 1. The first-order valence-corrected chi connectivity index (χ1v) is 7.66. The Labute approximate surface area is 128 Å². The van der Waals surface area contributed by atoms with E-state index in [4.69, 9.17) is 4.74 Å². The number of amides is 1. The number of hydrogen-bond acceptors (Lipinski definition) is 3. The van der Waals surface area contributed by atoms with Crippen molar-refractivity contribution in [3.8, 4) is 5.75 Å². The molecule has 1 atom stereocenters. The van der Waals surface area contributed by atoms with Crippen molar-refractivity contribution in [3.63, 3.8) is 0 Å². The highest BCUT2D eigenvalue weighted by atomic mass is 79.9. The van der Waals surface area contributed by atoms with Crippen LogP contribution in [0.15, 0.2) is 22.7 Å². The minimum Gasteiger partial charge on any atom is -0.481 e. The highest BCUT2D eigenvalue weighted by Gasteiger charge is 2.21. The summed E-state index contributed by atoms with van der Waals surface area (Å²) in [5, 5.41) is 3.47. The van der Waals surface area contributed by atoms with Crippen LogP contribution in [0.25, 0.3) is 0 Å². The molecule has 0 aromatic heterocycles. The van der Waals surface area contributed by atoms with Gasteiger partial charge < -0.3 is 15.0 Å². The molecular weight excluding hydrogens is 320 g/mol. The van der Waals surface area contributed by atoms with Gasteiger partial charge in [-0.25, -0.2) is 0 Å². The Hall–Kier alpha value is -1.07. The highest BCUT2D eigenvalue weighted by molar-refractivity contribution is 9.10. The SMILES string of the molecule is CC(Oc1ccc(Br)c(CNC2CC2)c1)C(=O)N(C)C. The standard InChI is InChI=1S/C15H21BrN2O2/c1-10(15(19)18(2)3)20-13-6-7-14(16)11(8-13)9-17-12-4-5-12/h6-8,10,12,17H,4-5,9H2,1-3H3. The molecule has 1 aliphatic rings. The molecule has 4 nitrogen and oxygen atoms in total. The van der Waals surface area contributed by atoms with Crippen LogP contribution in [0, 0.1) is 0 Å².